The van der Waals surface area contributed by atoms with Crippen LogP contribution in [0.5, 0.6) is 0 Å². The van der Waals surface area contributed by atoms with E-state index in [1.165, 1.54) is 0 Å². The van der Waals surface area contributed by atoms with Gasteiger partial charge in [0.25, 0.3) is 5.91 Å². The van der Waals surface area contributed by atoms with E-state index >= 15 is 0 Å². The van der Waals surface area contributed by atoms with E-state index in [0.717, 1.165) is 5.70 Å². The van der Waals surface area contributed by atoms with Crippen molar-refractivity contribution in [2.45, 2.75) is 0 Å². The molecule has 0 aromatic rings. The fourth-order valence-electron chi connectivity index (χ4n) is 1.81. The van der Waals surface area contributed by atoms with Crippen LogP contribution in [0, 0.1) is 0 Å². The molecule has 3 aliphatic heterocycles. The molecule has 0 radical (unpaired) electrons. The summed E-state index contributed by atoms with van der Waals surface area (Å²) in [6, 6.07) is 0. The molecule has 4 heteroatoms. The van der Waals surface area contributed by atoms with E-state index in [4.69, 9.17) is 4.74 Å². The number of fused-ring (bicyclic) bond motifs is 1. The van der Waals surface area contributed by atoms with Gasteiger partial charge in [0.05, 0.1) is 11.3 Å². The highest BCUT2D eigenvalue weighted by atomic mass is 16.5. The maximum atomic E-state index is 12.1. The number of dihydropyridines is 1. The predicted molar refractivity (Wildman–Crippen MR) is 54.2 cm³/mol. The zero-order chi connectivity index (χ0) is 10.3. The van der Waals surface area contributed by atoms with Crippen LogP contribution in [0.2, 0.25) is 0 Å². The minimum absolute atomic E-state index is 0.0119. The molecule has 0 fully saturated rings. The van der Waals surface area contributed by atoms with E-state index in [9.17, 15) is 4.79 Å². The third kappa shape index (κ3) is 1.18. The van der Waals surface area contributed by atoms with Crippen LogP contribution in [-0.4, -0.2) is 23.9 Å². The van der Waals surface area contributed by atoms with Gasteiger partial charge < -0.3 is 15.0 Å². The lowest BCUT2D eigenvalue weighted by Gasteiger charge is -2.17. The number of allylic oxidation sites excluding steroid dienone is 1. The lowest BCUT2D eigenvalue weighted by molar-refractivity contribution is -0.124. The Morgan fingerprint density at radius 3 is 3.20 bits per heavy atom. The van der Waals surface area contributed by atoms with Crippen molar-refractivity contribution < 1.29 is 9.53 Å². The van der Waals surface area contributed by atoms with Crippen LogP contribution in [0.25, 0.3) is 0 Å². The van der Waals surface area contributed by atoms with Crippen LogP contribution >= 0.6 is 0 Å². The van der Waals surface area contributed by atoms with E-state index in [2.05, 4.69) is 5.32 Å². The third-order valence-corrected chi connectivity index (χ3v) is 2.57. The van der Waals surface area contributed by atoms with E-state index in [1.807, 2.05) is 24.3 Å². The molecule has 0 aliphatic carbocycles. The molecule has 4 nitrogen and oxygen atoms in total. The molecule has 0 aromatic carbocycles. The Kier molecular flexibility index (Phi) is 1.68. The summed E-state index contributed by atoms with van der Waals surface area (Å²) in [6.07, 6.45) is 9.16. The van der Waals surface area contributed by atoms with Crippen LogP contribution in [0.3, 0.4) is 0 Å². The average Bonchev–Trinajstić information content (AvgIpc) is 2.69. The maximum absolute atomic E-state index is 12.1. The molecule has 0 bridgehead atoms. The zero-order valence-electron chi connectivity index (χ0n) is 8.06. The van der Waals surface area contributed by atoms with Crippen molar-refractivity contribution in [3.05, 3.63) is 47.7 Å². The molecule has 0 atom stereocenters. The Bertz CT molecular complexity index is 444. The highest BCUT2D eigenvalue weighted by molar-refractivity contribution is 5.98. The van der Waals surface area contributed by atoms with Crippen LogP contribution in [-0.2, 0) is 9.53 Å². The van der Waals surface area contributed by atoms with Gasteiger partial charge in [-0.3, -0.25) is 4.79 Å². The van der Waals surface area contributed by atoms with Gasteiger partial charge >= 0.3 is 0 Å². The number of nitrogens with zero attached hydrogens (tertiary/aromatic N) is 1. The van der Waals surface area contributed by atoms with Crippen LogP contribution in [0.1, 0.15) is 0 Å². The van der Waals surface area contributed by atoms with E-state index in [0.29, 0.717) is 24.5 Å². The van der Waals surface area contributed by atoms with Crippen LogP contribution < -0.4 is 5.32 Å². The average molecular weight is 202 g/mol. The SMILES string of the molecule is O=C1C2=C(NCC=C2)OC=C2C=CCN12. The standard InChI is InChI=1S/C11H10N2O2/c14-11-9-4-1-5-12-10(9)15-7-8-3-2-6-13(8)11/h1-4,7,12H,5-6H2. The number of amides is 1. The summed E-state index contributed by atoms with van der Waals surface area (Å²) in [5.74, 6) is 0.542. The quantitative estimate of drug-likeness (QED) is 0.626. The Labute approximate surface area is 87.2 Å². The maximum Gasteiger partial charge on any atom is 0.264 e. The minimum Gasteiger partial charge on any atom is -0.446 e. The van der Waals surface area contributed by atoms with Crippen molar-refractivity contribution in [3.63, 3.8) is 0 Å². The molecule has 3 aliphatic rings. The van der Waals surface area contributed by atoms with E-state index in [-0.39, 0.29) is 5.91 Å². The number of carbonyl (C=O) groups is 1. The number of ether oxygens (including phenoxy) is 1. The van der Waals surface area contributed by atoms with E-state index in [1.54, 1.807) is 11.2 Å². The molecule has 1 amide bonds. The molecular formula is C11H10N2O2. The van der Waals surface area contributed by atoms with Gasteiger partial charge in [-0.1, -0.05) is 12.2 Å². The lowest BCUT2D eigenvalue weighted by atomic mass is 10.2. The largest absolute Gasteiger partial charge is 0.446 e. The van der Waals surface area contributed by atoms with Crippen molar-refractivity contribution in [2.24, 2.45) is 0 Å². The first kappa shape index (κ1) is 8.35. The lowest BCUT2D eigenvalue weighted by Crippen LogP contribution is -2.30. The van der Waals surface area contributed by atoms with Gasteiger partial charge in [0.2, 0.25) is 5.88 Å². The van der Waals surface area contributed by atoms with Gasteiger partial charge in [0, 0.05) is 13.1 Å². The first-order valence-corrected chi connectivity index (χ1v) is 4.86. The Morgan fingerprint density at radius 1 is 1.33 bits per heavy atom. The normalized spacial score (nSPS) is 22.8. The fourth-order valence-corrected chi connectivity index (χ4v) is 1.81. The molecule has 3 heterocycles. The number of rotatable bonds is 0. The van der Waals surface area contributed by atoms with Crippen molar-refractivity contribution in [3.8, 4) is 0 Å². The molecule has 3 rings (SSSR count). The van der Waals surface area contributed by atoms with Gasteiger partial charge in [-0.15, -0.1) is 0 Å². The summed E-state index contributed by atoms with van der Waals surface area (Å²) in [5.41, 5.74) is 1.40. The van der Waals surface area contributed by atoms with Crippen molar-refractivity contribution in [1.29, 1.82) is 0 Å². The number of nitrogens with one attached hydrogen (secondary N) is 1. The summed E-state index contributed by atoms with van der Waals surface area (Å²) in [5, 5.41) is 3.04. The molecule has 0 spiro atoms. The highest BCUT2D eigenvalue weighted by Gasteiger charge is 2.28. The molecule has 15 heavy (non-hydrogen) atoms. The Balaban J connectivity index is 2.05. The Morgan fingerprint density at radius 2 is 2.27 bits per heavy atom. The summed E-state index contributed by atoms with van der Waals surface area (Å²) in [6.45, 7) is 1.32. The fraction of sp³-hybridized carbons (Fsp3) is 0.182. The molecule has 0 aromatic heterocycles. The number of hydrogen-bond acceptors (Lipinski definition) is 3. The zero-order valence-corrected chi connectivity index (χ0v) is 8.06. The summed E-state index contributed by atoms with van der Waals surface area (Å²) < 4.78 is 5.43. The summed E-state index contributed by atoms with van der Waals surface area (Å²) in [7, 11) is 0. The van der Waals surface area contributed by atoms with Gasteiger partial charge in [0.1, 0.15) is 6.26 Å². The van der Waals surface area contributed by atoms with Crippen molar-refractivity contribution >= 4 is 5.91 Å². The van der Waals surface area contributed by atoms with Gasteiger partial charge in [-0.25, -0.2) is 0 Å². The first-order chi connectivity index (χ1) is 7.36. The number of hydrogen-bond donors (Lipinski definition) is 1. The molecule has 1 N–H and O–H groups in total. The second-order valence-corrected chi connectivity index (χ2v) is 3.50. The topological polar surface area (TPSA) is 41.6 Å². The molecule has 0 unspecified atom stereocenters. The number of carbonyl (C=O) groups excluding carboxylic acids is 1. The predicted octanol–water partition coefficient (Wildman–Crippen LogP) is 0.627. The van der Waals surface area contributed by atoms with Crippen molar-refractivity contribution in [1.82, 2.24) is 10.2 Å². The second-order valence-electron chi connectivity index (χ2n) is 3.50. The van der Waals surface area contributed by atoms with Gasteiger partial charge in [0.15, 0.2) is 0 Å². The van der Waals surface area contributed by atoms with Crippen LogP contribution in [0.15, 0.2) is 47.7 Å². The summed E-state index contributed by atoms with van der Waals surface area (Å²) >= 11 is 0. The Hall–Kier alpha value is -1.97. The van der Waals surface area contributed by atoms with Gasteiger partial charge in [-0.05, 0) is 12.2 Å². The smallest absolute Gasteiger partial charge is 0.264 e. The second kappa shape index (κ2) is 3.02. The third-order valence-electron chi connectivity index (χ3n) is 2.57. The van der Waals surface area contributed by atoms with Crippen LogP contribution in [0.4, 0.5) is 0 Å². The van der Waals surface area contributed by atoms with Gasteiger partial charge in [-0.2, -0.15) is 0 Å². The first-order valence-electron chi connectivity index (χ1n) is 4.86. The molecule has 0 saturated carbocycles. The molecule has 0 saturated heterocycles. The molecule has 76 valence electrons. The van der Waals surface area contributed by atoms with E-state index < -0.39 is 0 Å². The highest BCUT2D eigenvalue weighted by Crippen LogP contribution is 2.24. The minimum atomic E-state index is -0.0119. The molecular weight excluding hydrogens is 192 g/mol. The monoisotopic (exact) mass is 202 g/mol. The van der Waals surface area contributed by atoms with Crippen molar-refractivity contribution in [2.75, 3.05) is 13.1 Å². The summed E-state index contributed by atoms with van der Waals surface area (Å²) in [4.78, 5) is 13.8.